The first-order chi connectivity index (χ1) is 8.04. The van der Waals surface area contributed by atoms with Gasteiger partial charge >= 0.3 is 5.97 Å². The molecule has 0 aromatic heterocycles. The molecule has 5 heteroatoms. The van der Waals surface area contributed by atoms with Gasteiger partial charge in [0.05, 0.1) is 6.61 Å². The van der Waals surface area contributed by atoms with Crippen molar-refractivity contribution in [3.8, 4) is 0 Å². The van der Waals surface area contributed by atoms with Gasteiger partial charge in [0.25, 0.3) is 5.91 Å². The minimum Gasteiger partial charge on any atom is -0.480 e. The van der Waals surface area contributed by atoms with Crippen LogP contribution in [-0.4, -0.2) is 42.6 Å². The first-order valence-corrected chi connectivity index (χ1v) is 5.09. The van der Waals surface area contributed by atoms with Gasteiger partial charge in [-0.05, 0) is 17.7 Å². The van der Waals surface area contributed by atoms with Crippen LogP contribution < -0.4 is 0 Å². The number of hydrogen-bond donors (Lipinski definition) is 1. The number of methoxy groups -OCH3 is 1. The highest BCUT2D eigenvalue weighted by molar-refractivity contribution is 5.95. The van der Waals surface area contributed by atoms with Crippen LogP contribution in [0.15, 0.2) is 24.3 Å². The van der Waals surface area contributed by atoms with E-state index in [4.69, 9.17) is 9.84 Å². The third kappa shape index (κ3) is 3.88. The normalized spacial score (nSPS) is 10.0. The molecule has 1 aromatic rings. The lowest BCUT2D eigenvalue weighted by molar-refractivity contribution is -0.137. The molecule has 0 aliphatic carbocycles. The Kier molecular flexibility index (Phi) is 4.66. The van der Waals surface area contributed by atoms with E-state index in [2.05, 4.69) is 0 Å². The third-order valence-electron chi connectivity index (χ3n) is 2.20. The van der Waals surface area contributed by atoms with Crippen molar-refractivity contribution in [3.63, 3.8) is 0 Å². The van der Waals surface area contributed by atoms with Crippen molar-refractivity contribution in [1.82, 2.24) is 4.90 Å². The number of benzene rings is 1. The van der Waals surface area contributed by atoms with Crippen molar-refractivity contribution in [3.05, 3.63) is 35.4 Å². The van der Waals surface area contributed by atoms with E-state index in [1.165, 1.54) is 7.05 Å². The van der Waals surface area contributed by atoms with E-state index in [1.54, 1.807) is 25.3 Å². The van der Waals surface area contributed by atoms with Gasteiger partial charge in [0.1, 0.15) is 6.54 Å². The van der Waals surface area contributed by atoms with E-state index in [-0.39, 0.29) is 12.5 Å². The Morgan fingerprint density at radius 2 is 2.12 bits per heavy atom. The van der Waals surface area contributed by atoms with Crippen molar-refractivity contribution < 1.29 is 19.4 Å². The highest BCUT2D eigenvalue weighted by Gasteiger charge is 2.14. The average Bonchev–Trinajstić information content (AvgIpc) is 2.28. The van der Waals surface area contributed by atoms with Crippen LogP contribution in [0.1, 0.15) is 15.9 Å². The fourth-order valence-corrected chi connectivity index (χ4v) is 1.46. The van der Waals surface area contributed by atoms with E-state index >= 15 is 0 Å². The maximum absolute atomic E-state index is 11.9. The number of aliphatic carboxylic acids is 1. The maximum atomic E-state index is 11.9. The second kappa shape index (κ2) is 6.00. The number of carboxylic acids is 1. The number of carboxylic acid groups (broad SMARTS) is 1. The topological polar surface area (TPSA) is 66.8 Å². The molecule has 92 valence electrons. The largest absolute Gasteiger partial charge is 0.480 e. The van der Waals surface area contributed by atoms with Crippen molar-refractivity contribution in [2.45, 2.75) is 6.61 Å². The molecule has 0 saturated heterocycles. The van der Waals surface area contributed by atoms with Crippen LogP contribution in [0, 0.1) is 0 Å². The summed E-state index contributed by atoms with van der Waals surface area (Å²) in [7, 11) is 3.03. The number of amides is 1. The number of carbonyl (C=O) groups is 2. The highest BCUT2D eigenvalue weighted by atomic mass is 16.5. The molecule has 0 saturated carbocycles. The van der Waals surface area contributed by atoms with E-state index < -0.39 is 5.97 Å². The number of nitrogens with zero attached hydrogens (tertiary/aromatic N) is 1. The molecule has 0 radical (unpaired) electrons. The minimum atomic E-state index is -1.03. The average molecular weight is 237 g/mol. The quantitative estimate of drug-likeness (QED) is 0.829. The Bertz CT molecular complexity index is 417. The molecule has 0 aliphatic heterocycles. The number of carbonyl (C=O) groups excluding carboxylic acids is 1. The summed E-state index contributed by atoms with van der Waals surface area (Å²) in [6.07, 6.45) is 0. The molecular formula is C12H15NO4. The number of rotatable bonds is 5. The summed E-state index contributed by atoms with van der Waals surface area (Å²) in [5.74, 6) is -1.35. The van der Waals surface area contributed by atoms with Crippen molar-refractivity contribution in [1.29, 1.82) is 0 Å². The van der Waals surface area contributed by atoms with Gasteiger partial charge in [-0.15, -0.1) is 0 Å². The third-order valence-corrected chi connectivity index (χ3v) is 2.20. The van der Waals surface area contributed by atoms with Gasteiger partial charge in [0, 0.05) is 19.7 Å². The maximum Gasteiger partial charge on any atom is 0.323 e. The molecule has 1 amide bonds. The summed E-state index contributed by atoms with van der Waals surface area (Å²) in [5, 5.41) is 8.60. The fraction of sp³-hybridized carbons (Fsp3) is 0.333. The predicted molar refractivity (Wildman–Crippen MR) is 61.8 cm³/mol. The zero-order valence-electron chi connectivity index (χ0n) is 9.84. The van der Waals surface area contributed by atoms with E-state index in [0.29, 0.717) is 12.2 Å². The molecular weight excluding hydrogens is 222 g/mol. The Morgan fingerprint density at radius 1 is 1.41 bits per heavy atom. The fourth-order valence-electron chi connectivity index (χ4n) is 1.46. The number of likely N-dealkylation sites (N-methyl/N-ethyl adjacent to an activating group) is 1. The molecule has 5 nitrogen and oxygen atoms in total. The molecule has 0 atom stereocenters. The van der Waals surface area contributed by atoms with Crippen LogP contribution in [0.5, 0.6) is 0 Å². The van der Waals surface area contributed by atoms with Crippen LogP contribution in [-0.2, 0) is 16.1 Å². The number of hydrogen-bond acceptors (Lipinski definition) is 3. The molecule has 1 N–H and O–H groups in total. The van der Waals surface area contributed by atoms with Crippen LogP contribution in [0.25, 0.3) is 0 Å². The number of ether oxygens (including phenoxy) is 1. The molecule has 0 bridgehead atoms. The Hall–Kier alpha value is -1.88. The summed E-state index contributed by atoms with van der Waals surface area (Å²) in [6, 6.07) is 6.94. The molecule has 0 aliphatic rings. The lowest BCUT2D eigenvalue weighted by Gasteiger charge is -2.14. The lowest BCUT2D eigenvalue weighted by Crippen LogP contribution is -2.31. The van der Waals surface area contributed by atoms with Gasteiger partial charge in [-0.3, -0.25) is 9.59 Å². The second-order valence-corrected chi connectivity index (χ2v) is 3.69. The van der Waals surface area contributed by atoms with Crippen LogP contribution in [0.3, 0.4) is 0 Å². The molecule has 0 fully saturated rings. The predicted octanol–water partition coefficient (Wildman–Crippen LogP) is 0.990. The van der Waals surface area contributed by atoms with Crippen molar-refractivity contribution in [2.75, 3.05) is 20.7 Å². The van der Waals surface area contributed by atoms with E-state index in [0.717, 1.165) is 10.5 Å². The minimum absolute atomic E-state index is 0.312. The summed E-state index contributed by atoms with van der Waals surface area (Å²) in [5.41, 5.74) is 1.34. The summed E-state index contributed by atoms with van der Waals surface area (Å²) in [4.78, 5) is 23.5. The zero-order valence-corrected chi connectivity index (χ0v) is 9.84. The summed E-state index contributed by atoms with van der Waals surface area (Å²) < 4.78 is 4.97. The molecule has 1 rings (SSSR count). The highest BCUT2D eigenvalue weighted by Crippen LogP contribution is 2.08. The molecule has 0 unspecified atom stereocenters. The lowest BCUT2D eigenvalue weighted by atomic mass is 10.1. The van der Waals surface area contributed by atoms with Crippen LogP contribution in [0.2, 0.25) is 0 Å². The van der Waals surface area contributed by atoms with Gasteiger partial charge < -0.3 is 14.7 Å². The molecule has 0 heterocycles. The Labute approximate surface area is 99.6 Å². The SMILES string of the molecule is COCc1cccc(C(=O)N(C)CC(=O)O)c1. The van der Waals surface area contributed by atoms with Gasteiger partial charge in [0.15, 0.2) is 0 Å². The van der Waals surface area contributed by atoms with Gasteiger partial charge in [-0.25, -0.2) is 0 Å². The smallest absolute Gasteiger partial charge is 0.323 e. The summed E-state index contributed by atoms with van der Waals surface area (Å²) in [6.45, 7) is 0.108. The Morgan fingerprint density at radius 3 is 2.71 bits per heavy atom. The zero-order chi connectivity index (χ0) is 12.8. The van der Waals surface area contributed by atoms with E-state index in [1.807, 2.05) is 6.07 Å². The van der Waals surface area contributed by atoms with Crippen molar-refractivity contribution in [2.24, 2.45) is 0 Å². The molecule has 17 heavy (non-hydrogen) atoms. The van der Waals surface area contributed by atoms with Gasteiger partial charge in [-0.2, -0.15) is 0 Å². The van der Waals surface area contributed by atoms with E-state index in [9.17, 15) is 9.59 Å². The summed E-state index contributed by atoms with van der Waals surface area (Å²) >= 11 is 0. The monoisotopic (exact) mass is 237 g/mol. The Balaban J connectivity index is 2.81. The van der Waals surface area contributed by atoms with Gasteiger partial charge in [0.2, 0.25) is 0 Å². The second-order valence-electron chi connectivity index (χ2n) is 3.69. The van der Waals surface area contributed by atoms with Crippen LogP contribution >= 0.6 is 0 Å². The molecule has 0 spiro atoms. The first kappa shape index (κ1) is 13.2. The van der Waals surface area contributed by atoms with Crippen LogP contribution in [0.4, 0.5) is 0 Å². The standard InChI is InChI=1S/C12H15NO4/c1-13(7-11(14)15)12(16)10-5-3-4-9(6-10)8-17-2/h3-6H,7-8H2,1-2H3,(H,14,15). The molecule has 1 aromatic carbocycles. The van der Waals surface area contributed by atoms with Gasteiger partial charge in [-0.1, -0.05) is 12.1 Å². The van der Waals surface area contributed by atoms with Crippen molar-refractivity contribution >= 4 is 11.9 Å². The first-order valence-electron chi connectivity index (χ1n) is 5.09.